The zero-order valence-corrected chi connectivity index (χ0v) is 9.36. The summed E-state index contributed by atoms with van der Waals surface area (Å²) in [7, 11) is 0. The van der Waals surface area contributed by atoms with Crippen molar-refractivity contribution in [3.63, 3.8) is 0 Å². The minimum Gasteiger partial charge on any atom is -0.310 e. The topological polar surface area (TPSA) is 12.0 Å². The SMILES string of the molecule is Fc1cccc(Cl)c1CNC1CCCC1. The smallest absolute Gasteiger partial charge is 0.129 e. The third kappa shape index (κ3) is 2.70. The molecule has 0 bridgehead atoms. The van der Waals surface area contributed by atoms with E-state index in [0.29, 0.717) is 23.2 Å². The molecule has 3 heteroatoms. The molecule has 0 atom stereocenters. The Labute approximate surface area is 94.6 Å². The summed E-state index contributed by atoms with van der Waals surface area (Å²) in [6, 6.07) is 5.37. The van der Waals surface area contributed by atoms with Crippen molar-refractivity contribution >= 4 is 11.6 Å². The van der Waals surface area contributed by atoms with Gasteiger partial charge in [0.15, 0.2) is 0 Å². The molecule has 2 rings (SSSR count). The minimum atomic E-state index is -0.215. The summed E-state index contributed by atoms with van der Waals surface area (Å²) in [5, 5.41) is 3.87. The Bertz CT molecular complexity index is 314. The van der Waals surface area contributed by atoms with E-state index in [1.807, 2.05) is 0 Å². The highest BCUT2D eigenvalue weighted by atomic mass is 35.5. The van der Waals surface area contributed by atoms with E-state index in [0.717, 1.165) is 0 Å². The second-order valence-electron chi connectivity index (χ2n) is 4.06. The molecule has 1 N–H and O–H groups in total. The van der Waals surface area contributed by atoms with E-state index < -0.39 is 0 Å². The van der Waals surface area contributed by atoms with E-state index in [-0.39, 0.29) is 5.82 Å². The van der Waals surface area contributed by atoms with Crippen LogP contribution in [0.4, 0.5) is 4.39 Å². The molecule has 0 amide bonds. The van der Waals surface area contributed by atoms with Gasteiger partial charge in [0.05, 0.1) is 0 Å². The number of rotatable bonds is 3. The van der Waals surface area contributed by atoms with Gasteiger partial charge in [0, 0.05) is 23.2 Å². The van der Waals surface area contributed by atoms with Crippen molar-refractivity contribution in [3.05, 3.63) is 34.6 Å². The minimum absolute atomic E-state index is 0.215. The maximum absolute atomic E-state index is 13.4. The lowest BCUT2D eigenvalue weighted by Crippen LogP contribution is -2.25. The summed E-state index contributed by atoms with van der Waals surface area (Å²) in [4.78, 5) is 0. The lowest BCUT2D eigenvalue weighted by atomic mass is 10.2. The maximum atomic E-state index is 13.4. The van der Waals surface area contributed by atoms with Crippen LogP contribution in [0.25, 0.3) is 0 Å². The number of nitrogens with one attached hydrogen (secondary N) is 1. The zero-order valence-electron chi connectivity index (χ0n) is 8.60. The molecule has 0 radical (unpaired) electrons. The molecule has 0 heterocycles. The second kappa shape index (κ2) is 4.95. The lowest BCUT2D eigenvalue weighted by molar-refractivity contribution is 0.509. The van der Waals surface area contributed by atoms with E-state index in [1.54, 1.807) is 12.1 Å². The maximum Gasteiger partial charge on any atom is 0.129 e. The standard InChI is InChI=1S/C12H15ClFN/c13-11-6-3-7-12(14)10(11)8-15-9-4-1-2-5-9/h3,6-7,9,15H,1-2,4-5,8H2. The van der Waals surface area contributed by atoms with Gasteiger partial charge in [-0.15, -0.1) is 0 Å². The van der Waals surface area contributed by atoms with Crippen LogP contribution in [0.15, 0.2) is 18.2 Å². The molecule has 1 aromatic rings. The summed E-state index contributed by atoms with van der Waals surface area (Å²) >= 11 is 5.93. The van der Waals surface area contributed by atoms with Gasteiger partial charge in [0.2, 0.25) is 0 Å². The summed E-state index contributed by atoms with van der Waals surface area (Å²) in [6.07, 6.45) is 4.96. The molecular formula is C12H15ClFN. The molecule has 1 aliphatic rings. The van der Waals surface area contributed by atoms with Crippen LogP contribution in [-0.4, -0.2) is 6.04 Å². The number of benzene rings is 1. The van der Waals surface area contributed by atoms with Crippen molar-refractivity contribution in [1.29, 1.82) is 0 Å². The van der Waals surface area contributed by atoms with Crippen LogP contribution in [0.5, 0.6) is 0 Å². The first kappa shape index (κ1) is 10.9. The predicted octanol–water partition coefficient (Wildman–Crippen LogP) is 3.51. The van der Waals surface area contributed by atoms with Crippen LogP contribution >= 0.6 is 11.6 Å². The average molecular weight is 228 g/mol. The Morgan fingerprint density at radius 2 is 2.07 bits per heavy atom. The molecule has 1 fully saturated rings. The molecule has 82 valence electrons. The Morgan fingerprint density at radius 3 is 2.73 bits per heavy atom. The first-order valence-electron chi connectivity index (χ1n) is 5.43. The zero-order chi connectivity index (χ0) is 10.7. The molecule has 1 aromatic carbocycles. The van der Waals surface area contributed by atoms with Crippen molar-refractivity contribution in [1.82, 2.24) is 5.32 Å². The molecule has 1 nitrogen and oxygen atoms in total. The van der Waals surface area contributed by atoms with Gasteiger partial charge in [-0.3, -0.25) is 0 Å². The molecule has 1 saturated carbocycles. The third-order valence-electron chi connectivity index (χ3n) is 2.98. The lowest BCUT2D eigenvalue weighted by Gasteiger charge is -2.13. The van der Waals surface area contributed by atoms with Crippen LogP contribution in [0, 0.1) is 5.82 Å². The summed E-state index contributed by atoms with van der Waals surface area (Å²) < 4.78 is 13.4. The highest BCUT2D eigenvalue weighted by molar-refractivity contribution is 6.31. The van der Waals surface area contributed by atoms with E-state index in [9.17, 15) is 4.39 Å². The van der Waals surface area contributed by atoms with Crippen LogP contribution in [0.2, 0.25) is 5.02 Å². The van der Waals surface area contributed by atoms with E-state index in [2.05, 4.69) is 5.32 Å². The average Bonchev–Trinajstić information content (AvgIpc) is 2.70. The van der Waals surface area contributed by atoms with Gasteiger partial charge in [0.1, 0.15) is 5.82 Å². The summed E-state index contributed by atoms with van der Waals surface area (Å²) in [5.41, 5.74) is 0.589. The Morgan fingerprint density at radius 1 is 1.33 bits per heavy atom. The first-order chi connectivity index (χ1) is 7.27. The van der Waals surface area contributed by atoms with Gasteiger partial charge < -0.3 is 5.32 Å². The second-order valence-corrected chi connectivity index (χ2v) is 4.47. The molecule has 1 aliphatic carbocycles. The fourth-order valence-corrected chi connectivity index (χ4v) is 2.31. The molecule has 0 aliphatic heterocycles. The van der Waals surface area contributed by atoms with Crippen LogP contribution in [0.1, 0.15) is 31.2 Å². The van der Waals surface area contributed by atoms with E-state index in [4.69, 9.17) is 11.6 Å². The third-order valence-corrected chi connectivity index (χ3v) is 3.34. The largest absolute Gasteiger partial charge is 0.310 e. The van der Waals surface area contributed by atoms with Crippen LogP contribution < -0.4 is 5.32 Å². The fourth-order valence-electron chi connectivity index (χ4n) is 2.08. The number of hydrogen-bond acceptors (Lipinski definition) is 1. The number of halogens is 2. The van der Waals surface area contributed by atoms with Gasteiger partial charge in [-0.2, -0.15) is 0 Å². The molecule has 0 spiro atoms. The summed E-state index contributed by atoms with van der Waals surface area (Å²) in [5.74, 6) is -0.215. The summed E-state index contributed by atoms with van der Waals surface area (Å²) in [6.45, 7) is 0.538. The highest BCUT2D eigenvalue weighted by Gasteiger charge is 2.15. The van der Waals surface area contributed by atoms with E-state index in [1.165, 1.54) is 31.7 Å². The van der Waals surface area contributed by atoms with Crippen molar-refractivity contribution in [2.75, 3.05) is 0 Å². The first-order valence-corrected chi connectivity index (χ1v) is 5.81. The highest BCUT2D eigenvalue weighted by Crippen LogP contribution is 2.21. The molecule has 0 unspecified atom stereocenters. The van der Waals surface area contributed by atoms with Crippen molar-refractivity contribution in [3.8, 4) is 0 Å². The predicted molar refractivity (Wildman–Crippen MR) is 60.5 cm³/mol. The van der Waals surface area contributed by atoms with Gasteiger partial charge in [-0.05, 0) is 25.0 Å². The normalized spacial score (nSPS) is 17.2. The van der Waals surface area contributed by atoms with Crippen molar-refractivity contribution < 1.29 is 4.39 Å². The molecular weight excluding hydrogens is 213 g/mol. The van der Waals surface area contributed by atoms with Crippen LogP contribution in [-0.2, 0) is 6.54 Å². The molecule has 0 saturated heterocycles. The molecule has 0 aromatic heterocycles. The Balaban J connectivity index is 1.97. The van der Waals surface area contributed by atoms with E-state index >= 15 is 0 Å². The Hall–Kier alpha value is -0.600. The van der Waals surface area contributed by atoms with Crippen molar-refractivity contribution in [2.45, 2.75) is 38.3 Å². The monoisotopic (exact) mass is 227 g/mol. The van der Waals surface area contributed by atoms with Gasteiger partial charge in [-0.1, -0.05) is 30.5 Å². The van der Waals surface area contributed by atoms with Gasteiger partial charge in [0.25, 0.3) is 0 Å². The van der Waals surface area contributed by atoms with Gasteiger partial charge in [-0.25, -0.2) is 4.39 Å². The van der Waals surface area contributed by atoms with Gasteiger partial charge >= 0.3 is 0 Å². The Kier molecular flexibility index (Phi) is 3.60. The van der Waals surface area contributed by atoms with Crippen molar-refractivity contribution in [2.24, 2.45) is 0 Å². The number of hydrogen-bond donors (Lipinski definition) is 1. The molecule has 15 heavy (non-hydrogen) atoms. The fraction of sp³-hybridized carbons (Fsp3) is 0.500. The van der Waals surface area contributed by atoms with Crippen LogP contribution in [0.3, 0.4) is 0 Å². The quantitative estimate of drug-likeness (QED) is 0.833.